The summed E-state index contributed by atoms with van der Waals surface area (Å²) in [6, 6.07) is 0. The first-order valence-corrected chi connectivity index (χ1v) is 4.72. The van der Waals surface area contributed by atoms with Crippen molar-refractivity contribution in [3.8, 4) is 0 Å². The van der Waals surface area contributed by atoms with Crippen LogP contribution in [0.1, 0.15) is 20.3 Å². The molecule has 0 saturated heterocycles. The van der Waals surface area contributed by atoms with Gasteiger partial charge in [-0.25, -0.2) is 4.79 Å². The maximum atomic E-state index is 10.7. The molecule has 0 aliphatic carbocycles. The van der Waals surface area contributed by atoms with Crippen molar-refractivity contribution in [3.05, 3.63) is 24.3 Å². The number of hydrogen-bond acceptors (Lipinski definition) is 3. The summed E-state index contributed by atoms with van der Waals surface area (Å²) in [6.45, 7) is 3.86. The van der Waals surface area contributed by atoms with E-state index in [0.717, 1.165) is 6.42 Å². The lowest BCUT2D eigenvalue weighted by molar-refractivity contribution is -0.134. The molecule has 0 amide bonds. The van der Waals surface area contributed by atoms with E-state index >= 15 is 0 Å². The van der Waals surface area contributed by atoms with Gasteiger partial charge in [0.05, 0.1) is 13.2 Å². The minimum Gasteiger partial charge on any atom is -0.466 e. The van der Waals surface area contributed by atoms with Gasteiger partial charge in [-0.1, -0.05) is 32.1 Å². The normalized spacial score (nSPS) is 16.0. The first-order chi connectivity index (χ1) is 6.61. The van der Waals surface area contributed by atoms with Crippen molar-refractivity contribution in [2.45, 2.75) is 26.4 Å². The topological polar surface area (TPSA) is 46.5 Å². The lowest BCUT2D eigenvalue weighted by Gasteiger charge is -2.11. The van der Waals surface area contributed by atoms with Crippen LogP contribution in [-0.2, 0) is 9.53 Å². The smallest absolute Gasteiger partial charge is 0.330 e. The number of aliphatic hydroxyl groups excluding tert-OH is 1. The summed E-state index contributed by atoms with van der Waals surface area (Å²) in [5, 5.41) is 9.41. The molecule has 1 N–H and O–H groups in total. The fourth-order valence-corrected chi connectivity index (χ4v) is 0.942. The number of rotatable bonds is 5. The van der Waals surface area contributed by atoms with E-state index in [4.69, 9.17) is 0 Å². The molecule has 3 nitrogen and oxygen atoms in total. The largest absolute Gasteiger partial charge is 0.466 e. The second-order valence-corrected chi connectivity index (χ2v) is 3.10. The van der Waals surface area contributed by atoms with Crippen LogP contribution >= 0.6 is 0 Å². The van der Waals surface area contributed by atoms with Crippen molar-refractivity contribution >= 4 is 5.97 Å². The van der Waals surface area contributed by atoms with Gasteiger partial charge in [-0.2, -0.15) is 0 Å². The van der Waals surface area contributed by atoms with E-state index in [9.17, 15) is 9.90 Å². The minimum absolute atomic E-state index is 0.0993. The average molecular weight is 198 g/mol. The third-order valence-corrected chi connectivity index (χ3v) is 1.98. The Morgan fingerprint density at radius 2 is 2.14 bits per heavy atom. The quantitative estimate of drug-likeness (QED) is 0.415. The van der Waals surface area contributed by atoms with E-state index in [1.165, 1.54) is 13.2 Å². The first-order valence-electron chi connectivity index (χ1n) is 4.72. The molecule has 0 saturated carbocycles. The molecule has 0 radical (unpaired) electrons. The molecule has 0 heterocycles. The zero-order valence-electron chi connectivity index (χ0n) is 8.93. The Hall–Kier alpha value is -1.09. The molecule has 2 atom stereocenters. The Bertz CT molecular complexity index is 219. The Labute approximate surface area is 85.1 Å². The van der Waals surface area contributed by atoms with Gasteiger partial charge >= 0.3 is 5.97 Å². The fourth-order valence-electron chi connectivity index (χ4n) is 0.942. The third-order valence-electron chi connectivity index (χ3n) is 1.98. The first kappa shape index (κ1) is 12.9. The number of allylic oxidation sites excluding steroid dienone is 2. The number of hydrogen-bond donors (Lipinski definition) is 1. The number of aliphatic hydroxyl groups is 1. The van der Waals surface area contributed by atoms with Gasteiger partial charge in [-0.15, -0.1) is 0 Å². The number of ether oxygens (including phenoxy) is 1. The van der Waals surface area contributed by atoms with Crippen LogP contribution in [0.15, 0.2) is 24.3 Å². The Balaban J connectivity index is 3.93. The van der Waals surface area contributed by atoms with E-state index in [1.807, 2.05) is 19.9 Å². The highest BCUT2D eigenvalue weighted by Gasteiger charge is 2.06. The zero-order chi connectivity index (χ0) is 11.0. The number of methoxy groups -OCH3 is 1. The highest BCUT2D eigenvalue weighted by Crippen LogP contribution is 2.07. The van der Waals surface area contributed by atoms with Gasteiger partial charge in [0.25, 0.3) is 0 Å². The highest BCUT2D eigenvalue weighted by atomic mass is 16.5. The third kappa shape index (κ3) is 5.54. The molecule has 3 heteroatoms. The van der Waals surface area contributed by atoms with E-state index in [2.05, 4.69) is 4.74 Å². The maximum absolute atomic E-state index is 10.7. The summed E-state index contributed by atoms with van der Waals surface area (Å²) in [5.41, 5.74) is 0. The Morgan fingerprint density at radius 3 is 2.64 bits per heavy atom. The van der Waals surface area contributed by atoms with Crippen molar-refractivity contribution in [1.82, 2.24) is 0 Å². The van der Waals surface area contributed by atoms with Gasteiger partial charge in [0.15, 0.2) is 0 Å². The van der Waals surface area contributed by atoms with Gasteiger partial charge in [0, 0.05) is 12.0 Å². The summed E-state index contributed by atoms with van der Waals surface area (Å²) in [7, 11) is 1.33. The lowest BCUT2D eigenvalue weighted by Crippen LogP contribution is -2.13. The van der Waals surface area contributed by atoms with Crippen LogP contribution in [0.2, 0.25) is 0 Å². The van der Waals surface area contributed by atoms with Crippen LogP contribution < -0.4 is 0 Å². The Morgan fingerprint density at radius 1 is 1.50 bits per heavy atom. The summed E-state index contributed by atoms with van der Waals surface area (Å²) < 4.78 is 4.42. The summed E-state index contributed by atoms with van der Waals surface area (Å²) in [5.74, 6) is -0.277. The molecule has 0 aromatic heterocycles. The Kier molecular flexibility index (Phi) is 6.76. The zero-order valence-corrected chi connectivity index (χ0v) is 8.93. The van der Waals surface area contributed by atoms with Crippen LogP contribution in [0.5, 0.6) is 0 Å². The molecule has 0 aliphatic rings. The van der Waals surface area contributed by atoms with Crippen LogP contribution in [0.4, 0.5) is 0 Å². The van der Waals surface area contributed by atoms with Crippen molar-refractivity contribution in [3.63, 3.8) is 0 Å². The van der Waals surface area contributed by atoms with Crippen molar-refractivity contribution < 1.29 is 14.6 Å². The fraction of sp³-hybridized carbons (Fsp3) is 0.545. The van der Waals surface area contributed by atoms with E-state index in [0.29, 0.717) is 0 Å². The molecule has 0 bridgehead atoms. The standard InChI is InChI=1S/C11H18O3/c1-4-10(12)9(2)7-5-6-8-11(13)14-3/h5-10,12H,4H2,1-3H3/b7-5+,8-6+/t9-,10+/m0/s1. The number of esters is 1. The molecule has 0 rings (SSSR count). The predicted molar refractivity (Wildman–Crippen MR) is 55.8 cm³/mol. The number of carbonyl (C=O) groups is 1. The molecular formula is C11H18O3. The van der Waals surface area contributed by atoms with Crippen molar-refractivity contribution in [2.24, 2.45) is 5.92 Å². The summed E-state index contributed by atoms with van der Waals surface area (Å²) >= 11 is 0. The monoisotopic (exact) mass is 198 g/mol. The predicted octanol–water partition coefficient (Wildman–Crippen LogP) is 1.68. The molecule has 14 heavy (non-hydrogen) atoms. The van der Waals surface area contributed by atoms with Crippen LogP contribution in [0.25, 0.3) is 0 Å². The molecule has 0 aliphatic heterocycles. The van der Waals surface area contributed by atoms with Gasteiger partial charge in [0.2, 0.25) is 0 Å². The molecule has 80 valence electrons. The number of carbonyl (C=O) groups excluding carboxylic acids is 1. The maximum Gasteiger partial charge on any atom is 0.330 e. The van der Waals surface area contributed by atoms with Gasteiger partial charge < -0.3 is 9.84 Å². The summed E-state index contributed by atoms with van der Waals surface area (Å²) in [6.07, 6.45) is 6.94. The van der Waals surface area contributed by atoms with Crippen molar-refractivity contribution in [1.29, 1.82) is 0 Å². The minimum atomic E-state index is -0.377. The van der Waals surface area contributed by atoms with Gasteiger partial charge in [0.1, 0.15) is 0 Å². The molecule has 0 aromatic rings. The van der Waals surface area contributed by atoms with Gasteiger partial charge in [-0.05, 0) is 6.42 Å². The highest BCUT2D eigenvalue weighted by molar-refractivity contribution is 5.82. The second kappa shape index (κ2) is 7.33. The van der Waals surface area contributed by atoms with Crippen LogP contribution in [0, 0.1) is 5.92 Å². The second-order valence-electron chi connectivity index (χ2n) is 3.10. The van der Waals surface area contributed by atoms with Gasteiger partial charge in [-0.3, -0.25) is 0 Å². The molecular weight excluding hydrogens is 180 g/mol. The van der Waals surface area contributed by atoms with E-state index in [-0.39, 0.29) is 18.0 Å². The lowest BCUT2D eigenvalue weighted by atomic mass is 10.0. The molecule has 0 fully saturated rings. The van der Waals surface area contributed by atoms with E-state index in [1.54, 1.807) is 12.2 Å². The average Bonchev–Trinajstić information content (AvgIpc) is 2.22. The summed E-state index contributed by atoms with van der Waals surface area (Å²) in [4.78, 5) is 10.7. The van der Waals surface area contributed by atoms with E-state index < -0.39 is 0 Å². The van der Waals surface area contributed by atoms with Crippen LogP contribution in [0.3, 0.4) is 0 Å². The van der Waals surface area contributed by atoms with Crippen LogP contribution in [-0.4, -0.2) is 24.3 Å². The SMILES string of the molecule is CC[C@@H](O)[C@@H](C)/C=C/C=C/C(=O)OC. The molecule has 0 spiro atoms. The molecule has 0 aromatic carbocycles. The molecule has 0 unspecified atom stereocenters. The van der Waals surface area contributed by atoms with Crippen molar-refractivity contribution in [2.75, 3.05) is 7.11 Å².